The highest BCUT2D eigenvalue weighted by atomic mass is 16.6. The second-order valence-corrected chi connectivity index (χ2v) is 0.962. The first-order chi connectivity index (χ1) is 4.72. The van der Waals surface area contributed by atoms with E-state index in [0.717, 1.165) is 12.5 Å². The average molecular weight is 140 g/mol. The maximum absolute atomic E-state index is 10.1. The number of carbonyl (C=O) groups is 2. The fraction of sp³-hybridized carbons (Fsp3) is 0. The van der Waals surface area contributed by atoms with Crippen molar-refractivity contribution in [1.29, 1.82) is 10.5 Å². The van der Waals surface area contributed by atoms with Crippen molar-refractivity contribution in [1.82, 2.24) is 0 Å². The summed E-state index contributed by atoms with van der Waals surface area (Å²) in [4.78, 5) is 20.1. The molecule has 6 heteroatoms. The van der Waals surface area contributed by atoms with Gasteiger partial charge >= 0.3 is 11.9 Å². The van der Waals surface area contributed by atoms with Crippen molar-refractivity contribution in [3.05, 3.63) is 0 Å². The maximum atomic E-state index is 10.1. The molecule has 0 unspecified atom stereocenters. The lowest BCUT2D eigenvalue weighted by molar-refractivity contribution is -0.159. The van der Waals surface area contributed by atoms with Gasteiger partial charge in [-0.2, -0.15) is 0 Å². The Hall–Kier alpha value is -2.08. The second-order valence-electron chi connectivity index (χ2n) is 0.962. The topological polar surface area (TPSA) is 100 Å². The Morgan fingerprint density at radius 1 is 1.00 bits per heavy atom. The summed E-state index contributed by atoms with van der Waals surface area (Å²) < 4.78 is 6.99. The van der Waals surface area contributed by atoms with Gasteiger partial charge in [-0.05, 0) is 0 Å². The van der Waals surface area contributed by atoms with Crippen molar-refractivity contribution in [2.45, 2.75) is 0 Å². The average Bonchev–Trinajstić information content (AvgIpc) is 1.89. The third kappa shape index (κ3) is 2.28. The first-order valence-corrected chi connectivity index (χ1v) is 1.92. The Bertz CT molecular complexity index is 207. The van der Waals surface area contributed by atoms with Gasteiger partial charge in [-0.25, -0.2) is 9.59 Å². The minimum atomic E-state index is -1.51. The van der Waals surface area contributed by atoms with Gasteiger partial charge in [-0.3, -0.25) is 0 Å². The lowest BCUT2D eigenvalue weighted by Crippen LogP contribution is -2.16. The zero-order valence-corrected chi connectivity index (χ0v) is 4.53. The van der Waals surface area contributed by atoms with Crippen molar-refractivity contribution >= 4 is 11.9 Å². The van der Waals surface area contributed by atoms with E-state index in [4.69, 9.17) is 10.5 Å². The minimum absolute atomic E-state index is 0.947. The normalized spacial score (nSPS) is 6.60. The molecule has 0 rings (SSSR count). The number of hydrogen-bond donors (Lipinski definition) is 0. The molecule has 0 fully saturated rings. The molecule has 6 nitrogen and oxygen atoms in total. The molecular formula is C4N2O4. The lowest BCUT2D eigenvalue weighted by atomic mass is 10.7. The smallest absolute Gasteiger partial charge is 0.342 e. The molecule has 0 aromatic carbocycles. The molecule has 0 aliphatic carbocycles. The van der Waals surface area contributed by atoms with Crippen LogP contribution in [0.4, 0.5) is 0 Å². The highest BCUT2D eigenvalue weighted by Gasteiger charge is 2.17. The molecule has 0 radical (unpaired) electrons. The zero-order valence-electron chi connectivity index (χ0n) is 4.53. The van der Waals surface area contributed by atoms with Gasteiger partial charge < -0.3 is 9.47 Å². The van der Waals surface area contributed by atoms with Crippen LogP contribution in [0.3, 0.4) is 0 Å². The summed E-state index contributed by atoms with van der Waals surface area (Å²) in [6.07, 6.45) is 1.89. The van der Waals surface area contributed by atoms with Crippen LogP contribution in [0.5, 0.6) is 0 Å². The SMILES string of the molecule is N#COC(=O)C(=O)OC#N. The van der Waals surface area contributed by atoms with E-state index in [1.807, 2.05) is 0 Å². The first-order valence-electron chi connectivity index (χ1n) is 1.92. The van der Waals surface area contributed by atoms with E-state index in [9.17, 15) is 9.59 Å². The van der Waals surface area contributed by atoms with Crippen molar-refractivity contribution in [2.75, 3.05) is 0 Å². The summed E-state index contributed by atoms with van der Waals surface area (Å²) in [5.74, 6) is -3.02. The molecule has 10 heavy (non-hydrogen) atoms. The van der Waals surface area contributed by atoms with Gasteiger partial charge in [0.25, 0.3) is 12.5 Å². The summed E-state index contributed by atoms with van der Waals surface area (Å²) in [7, 11) is 0. The standard InChI is InChI=1S/C4N2O4/c5-1-9-3(7)4(8)10-2-6. The van der Waals surface area contributed by atoms with E-state index in [0.29, 0.717) is 0 Å². The summed E-state index contributed by atoms with van der Waals surface area (Å²) in [5, 5.41) is 15.3. The van der Waals surface area contributed by atoms with Crippen LogP contribution in [-0.4, -0.2) is 11.9 Å². The van der Waals surface area contributed by atoms with Crippen LogP contribution < -0.4 is 0 Å². The Kier molecular flexibility index (Phi) is 3.06. The highest BCUT2D eigenvalue weighted by molar-refractivity contribution is 6.30. The van der Waals surface area contributed by atoms with Gasteiger partial charge in [0.1, 0.15) is 0 Å². The summed E-state index contributed by atoms with van der Waals surface area (Å²) in [6, 6.07) is 0. The van der Waals surface area contributed by atoms with Crippen LogP contribution in [0.25, 0.3) is 0 Å². The molecule has 0 heterocycles. The predicted octanol–water partition coefficient (Wildman–Crippen LogP) is -0.965. The molecule has 0 atom stereocenters. The molecule has 0 saturated heterocycles. The number of esters is 2. The third-order valence-electron chi connectivity index (χ3n) is 0.443. The quantitative estimate of drug-likeness (QED) is 0.244. The fourth-order valence-electron chi connectivity index (χ4n) is 0.166. The van der Waals surface area contributed by atoms with Crippen molar-refractivity contribution < 1.29 is 19.1 Å². The van der Waals surface area contributed by atoms with E-state index in [-0.39, 0.29) is 0 Å². The summed E-state index contributed by atoms with van der Waals surface area (Å²) >= 11 is 0. The molecular weight excluding hydrogens is 140 g/mol. The van der Waals surface area contributed by atoms with Crippen LogP contribution in [-0.2, 0) is 19.1 Å². The van der Waals surface area contributed by atoms with Gasteiger partial charge in [-0.1, -0.05) is 0 Å². The number of rotatable bonds is 0. The molecule has 0 aliphatic heterocycles. The van der Waals surface area contributed by atoms with Gasteiger partial charge in [-0.15, -0.1) is 10.5 Å². The Morgan fingerprint density at radius 2 is 1.30 bits per heavy atom. The Balaban J connectivity index is 3.89. The van der Waals surface area contributed by atoms with Crippen LogP contribution in [0.1, 0.15) is 0 Å². The number of ether oxygens (including phenoxy) is 2. The zero-order chi connectivity index (χ0) is 7.98. The molecule has 0 bridgehead atoms. The predicted molar refractivity (Wildman–Crippen MR) is 23.4 cm³/mol. The molecule has 0 aliphatic rings. The minimum Gasteiger partial charge on any atom is -0.342 e. The molecule has 50 valence electrons. The van der Waals surface area contributed by atoms with Gasteiger partial charge in [0, 0.05) is 0 Å². The number of nitriles is 2. The lowest BCUT2D eigenvalue weighted by Gasteiger charge is -1.86. The highest BCUT2D eigenvalue weighted by Crippen LogP contribution is 1.79. The van der Waals surface area contributed by atoms with Gasteiger partial charge in [0.05, 0.1) is 0 Å². The van der Waals surface area contributed by atoms with E-state index in [1.165, 1.54) is 0 Å². The van der Waals surface area contributed by atoms with Crippen molar-refractivity contribution in [3.8, 4) is 12.5 Å². The Morgan fingerprint density at radius 3 is 1.50 bits per heavy atom. The van der Waals surface area contributed by atoms with E-state index in [1.54, 1.807) is 0 Å². The van der Waals surface area contributed by atoms with Crippen LogP contribution >= 0.6 is 0 Å². The third-order valence-corrected chi connectivity index (χ3v) is 0.443. The maximum Gasteiger partial charge on any atom is 0.434 e. The van der Waals surface area contributed by atoms with Crippen molar-refractivity contribution in [3.63, 3.8) is 0 Å². The number of carbonyl (C=O) groups excluding carboxylic acids is 2. The molecule has 0 aromatic heterocycles. The molecule has 0 amide bonds. The monoisotopic (exact) mass is 140 g/mol. The molecule has 0 aromatic rings. The van der Waals surface area contributed by atoms with Crippen LogP contribution in [0, 0.1) is 23.0 Å². The summed E-state index contributed by atoms with van der Waals surface area (Å²) in [5.41, 5.74) is 0. The van der Waals surface area contributed by atoms with Gasteiger partial charge in [0.2, 0.25) is 0 Å². The largest absolute Gasteiger partial charge is 0.434 e. The molecule has 0 N–H and O–H groups in total. The van der Waals surface area contributed by atoms with Gasteiger partial charge in [0.15, 0.2) is 0 Å². The molecule has 0 saturated carbocycles. The molecule has 0 spiro atoms. The Labute approximate surface area is 55.2 Å². The number of hydrogen-bond acceptors (Lipinski definition) is 6. The van der Waals surface area contributed by atoms with Crippen molar-refractivity contribution in [2.24, 2.45) is 0 Å². The number of nitrogens with zero attached hydrogens (tertiary/aromatic N) is 2. The van der Waals surface area contributed by atoms with Crippen LogP contribution in [0.15, 0.2) is 0 Å². The summed E-state index contributed by atoms with van der Waals surface area (Å²) in [6.45, 7) is 0. The fourth-order valence-corrected chi connectivity index (χ4v) is 0.166. The second kappa shape index (κ2) is 3.87. The van der Waals surface area contributed by atoms with E-state index < -0.39 is 11.9 Å². The van der Waals surface area contributed by atoms with E-state index >= 15 is 0 Å². The van der Waals surface area contributed by atoms with Crippen LogP contribution in [0.2, 0.25) is 0 Å². The first kappa shape index (κ1) is 7.92. The van der Waals surface area contributed by atoms with E-state index in [2.05, 4.69) is 9.47 Å².